The third kappa shape index (κ3) is 1.85. The lowest BCUT2D eigenvalue weighted by atomic mass is 10.1. The van der Waals surface area contributed by atoms with E-state index in [-0.39, 0.29) is 0 Å². The summed E-state index contributed by atoms with van der Waals surface area (Å²) in [6.07, 6.45) is 3.32. The standard InChI is InChI=1S/C14H18N2O/c1-15-9-12-4-2-3-11-5-7-16(14(11)12)13-6-8-17-10-13/h2-5,7,13,15H,6,8-10H2,1H3. The van der Waals surface area contributed by atoms with Crippen LogP contribution in [0.3, 0.4) is 0 Å². The molecule has 1 unspecified atom stereocenters. The second kappa shape index (κ2) is 4.51. The fourth-order valence-electron chi connectivity index (χ4n) is 2.67. The minimum atomic E-state index is 0.505. The summed E-state index contributed by atoms with van der Waals surface area (Å²) in [5, 5.41) is 4.56. The zero-order valence-corrected chi connectivity index (χ0v) is 10.1. The number of aromatic nitrogens is 1. The number of rotatable bonds is 3. The van der Waals surface area contributed by atoms with Crippen molar-refractivity contribution in [1.82, 2.24) is 9.88 Å². The number of hydrogen-bond acceptors (Lipinski definition) is 2. The van der Waals surface area contributed by atoms with Crippen molar-refractivity contribution in [2.75, 3.05) is 20.3 Å². The predicted molar refractivity (Wildman–Crippen MR) is 69.2 cm³/mol. The highest BCUT2D eigenvalue weighted by molar-refractivity contribution is 5.83. The van der Waals surface area contributed by atoms with Crippen LogP contribution in [0.15, 0.2) is 30.5 Å². The molecule has 0 aliphatic carbocycles. The fraction of sp³-hybridized carbons (Fsp3) is 0.429. The Morgan fingerprint density at radius 3 is 3.12 bits per heavy atom. The highest BCUT2D eigenvalue weighted by atomic mass is 16.5. The van der Waals surface area contributed by atoms with Crippen LogP contribution in [0.5, 0.6) is 0 Å². The van der Waals surface area contributed by atoms with Gasteiger partial charge in [0.1, 0.15) is 0 Å². The largest absolute Gasteiger partial charge is 0.379 e. The highest BCUT2D eigenvalue weighted by Gasteiger charge is 2.19. The minimum absolute atomic E-state index is 0.505. The van der Waals surface area contributed by atoms with Crippen LogP contribution in [-0.4, -0.2) is 24.8 Å². The van der Waals surface area contributed by atoms with Crippen molar-refractivity contribution >= 4 is 10.9 Å². The molecule has 3 rings (SSSR count). The Morgan fingerprint density at radius 2 is 2.35 bits per heavy atom. The van der Waals surface area contributed by atoms with Crippen LogP contribution in [0, 0.1) is 0 Å². The maximum atomic E-state index is 5.49. The topological polar surface area (TPSA) is 26.2 Å². The summed E-state index contributed by atoms with van der Waals surface area (Å²) in [4.78, 5) is 0. The number of fused-ring (bicyclic) bond motifs is 1. The number of benzene rings is 1. The molecule has 3 nitrogen and oxygen atoms in total. The van der Waals surface area contributed by atoms with Crippen LogP contribution in [0.2, 0.25) is 0 Å². The average Bonchev–Trinajstić information content (AvgIpc) is 2.98. The Labute approximate surface area is 101 Å². The predicted octanol–water partition coefficient (Wildman–Crippen LogP) is 2.32. The molecule has 2 heterocycles. The van der Waals surface area contributed by atoms with E-state index in [4.69, 9.17) is 4.74 Å². The van der Waals surface area contributed by atoms with Gasteiger partial charge in [0.25, 0.3) is 0 Å². The number of para-hydroxylation sites is 1. The third-order valence-electron chi connectivity index (χ3n) is 3.49. The van der Waals surface area contributed by atoms with Crippen molar-refractivity contribution in [3.8, 4) is 0 Å². The monoisotopic (exact) mass is 230 g/mol. The first-order valence-electron chi connectivity index (χ1n) is 6.21. The van der Waals surface area contributed by atoms with E-state index in [0.717, 1.165) is 26.2 Å². The molecule has 0 amide bonds. The van der Waals surface area contributed by atoms with Crippen LogP contribution in [0.25, 0.3) is 10.9 Å². The van der Waals surface area contributed by atoms with E-state index in [1.165, 1.54) is 16.5 Å². The second-order valence-electron chi connectivity index (χ2n) is 4.63. The third-order valence-corrected chi connectivity index (χ3v) is 3.49. The molecule has 1 saturated heterocycles. The van der Waals surface area contributed by atoms with Gasteiger partial charge in [0.15, 0.2) is 0 Å². The molecule has 1 aromatic heterocycles. The molecule has 17 heavy (non-hydrogen) atoms. The molecule has 1 aliphatic rings. The van der Waals surface area contributed by atoms with E-state index in [1.54, 1.807) is 0 Å². The van der Waals surface area contributed by atoms with Gasteiger partial charge in [-0.05, 0) is 30.5 Å². The summed E-state index contributed by atoms with van der Waals surface area (Å²) in [7, 11) is 1.99. The number of hydrogen-bond donors (Lipinski definition) is 1. The normalized spacial score (nSPS) is 20.2. The Balaban J connectivity index is 2.11. The van der Waals surface area contributed by atoms with E-state index in [2.05, 4.69) is 40.3 Å². The molecule has 0 bridgehead atoms. The Morgan fingerprint density at radius 1 is 1.41 bits per heavy atom. The Hall–Kier alpha value is -1.32. The average molecular weight is 230 g/mol. The summed E-state index contributed by atoms with van der Waals surface area (Å²) in [6, 6.07) is 9.22. The molecule has 1 aliphatic heterocycles. The van der Waals surface area contributed by atoms with Crippen molar-refractivity contribution in [3.05, 3.63) is 36.0 Å². The van der Waals surface area contributed by atoms with E-state index >= 15 is 0 Å². The van der Waals surface area contributed by atoms with Gasteiger partial charge in [-0.1, -0.05) is 18.2 Å². The molecule has 3 heteroatoms. The van der Waals surface area contributed by atoms with Crippen LogP contribution < -0.4 is 5.32 Å². The lowest BCUT2D eigenvalue weighted by Crippen LogP contribution is -2.11. The minimum Gasteiger partial charge on any atom is -0.379 e. The van der Waals surface area contributed by atoms with Gasteiger partial charge < -0.3 is 14.6 Å². The van der Waals surface area contributed by atoms with Crippen molar-refractivity contribution in [3.63, 3.8) is 0 Å². The second-order valence-corrected chi connectivity index (χ2v) is 4.63. The smallest absolute Gasteiger partial charge is 0.0674 e. The summed E-state index contributed by atoms with van der Waals surface area (Å²) < 4.78 is 7.88. The molecule has 1 atom stereocenters. The molecule has 1 aromatic carbocycles. The van der Waals surface area contributed by atoms with Gasteiger partial charge >= 0.3 is 0 Å². The van der Waals surface area contributed by atoms with Crippen LogP contribution in [0.1, 0.15) is 18.0 Å². The van der Waals surface area contributed by atoms with Crippen molar-refractivity contribution in [1.29, 1.82) is 0 Å². The van der Waals surface area contributed by atoms with Gasteiger partial charge in [-0.2, -0.15) is 0 Å². The van der Waals surface area contributed by atoms with Gasteiger partial charge in [-0.15, -0.1) is 0 Å². The van der Waals surface area contributed by atoms with Gasteiger partial charge in [0, 0.05) is 19.3 Å². The molecule has 0 saturated carbocycles. The first-order chi connectivity index (χ1) is 8.40. The van der Waals surface area contributed by atoms with E-state index in [1.807, 2.05) is 7.05 Å². The maximum Gasteiger partial charge on any atom is 0.0674 e. The lowest BCUT2D eigenvalue weighted by Gasteiger charge is -2.14. The van der Waals surface area contributed by atoms with E-state index < -0.39 is 0 Å². The van der Waals surface area contributed by atoms with Gasteiger partial charge in [-0.3, -0.25) is 0 Å². The summed E-state index contributed by atoms with van der Waals surface area (Å²) >= 11 is 0. The summed E-state index contributed by atoms with van der Waals surface area (Å²) in [5.74, 6) is 0. The van der Waals surface area contributed by atoms with Crippen molar-refractivity contribution in [2.45, 2.75) is 19.0 Å². The Bertz CT molecular complexity index is 512. The fourth-order valence-corrected chi connectivity index (χ4v) is 2.67. The number of nitrogens with zero attached hydrogens (tertiary/aromatic N) is 1. The van der Waals surface area contributed by atoms with Crippen LogP contribution in [0.4, 0.5) is 0 Å². The molecule has 90 valence electrons. The first-order valence-corrected chi connectivity index (χ1v) is 6.21. The van der Waals surface area contributed by atoms with E-state index in [9.17, 15) is 0 Å². The first kappa shape index (κ1) is 10.8. The molecule has 0 spiro atoms. The highest BCUT2D eigenvalue weighted by Crippen LogP contribution is 2.27. The van der Waals surface area contributed by atoms with Gasteiger partial charge in [-0.25, -0.2) is 0 Å². The van der Waals surface area contributed by atoms with Crippen molar-refractivity contribution in [2.24, 2.45) is 0 Å². The number of nitrogens with one attached hydrogen (secondary N) is 1. The zero-order chi connectivity index (χ0) is 11.7. The maximum absolute atomic E-state index is 5.49. The van der Waals surface area contributed by atoms with E-state index in [0.29, 0.717) is 6.04 Å². The SMILES string of the molecule is CNCc1cccc2ccn(C3CCOC3)c12. The van der Waals surface area contributed by atoms with Crippen molar-refractivity contribution < 1.29 is 4.74 Å². The Kier molecular flexibility index (Phi) is 2.87. The van der Waals surface area contributed by atoms with Crippen LogP contribution in [-0.2, 0) is 11.3 Å². The lowest BCUT2D eigenvalue weighted by molar-refractivity contribution is 0.187. The zero-order valence-electron chi connectivity index (χ0n) is 10.1. The quantitative estimate of drug-likeness (QED) is 0.875. The molecular weight excluding hydrogens is 212 g/mol. The molecule has 1 N–H and O–H groups in total. The molecule has 1 fully saturated rings. The molecule has 0 radical (unpaired) electrons. The summed E-state index contributed by atoms with van der Waals surface area (Å²) in [6.45, 7) is 2.64. The van der Waals surface area contributed by atoms with Gasteiger partial charge in [0.2, 0.25) is 0 Å². The molecular formula is C14H18N2O. The van der Waals surface area contributed by atoms with Crippen LogP contribution >= 0.6 is 0 Å². The molecule has 2 aromatic rings. The van der Waals surface area contributed by atoms with Gasteiger partial charge in [0.05, 0.1) is 18.2 Å². The summed E-state index contributed by atoms with van der Waals surface area (Å²) in [5.41, 5.74) is 2.72. The number of ether oxygens (including phenoxy) is 1.